The maximum absolute atomic E-state index is 10.1. The Labute approximate surface area is 127 Å². The first kappa shape index (κ1) is 15.4. The van der Waals surface area contributed by atoms with E-state index in [1.54, 1.807) is 11.3 Å². The zero-order valence-electron chi connectivity index (χ0n) is 11.3. The molecule has 108 valence electrons. The van der Waals surface area contributed by atoms with Gasteiger partial charge in [-0.2, -0.15) is 0 Å². The largest absolute Gasteiger partial charge is 0.390 e. The first-order valence-corrected chi connectivity index (χ1v) is 8.33. The van der Waals surface area contributed by atoms with Crippen molar-refractivity contribution < 1.29 is 5.11 Å². The Bertz CT molecular complexity index is 382. The Balaban J connectivity index is 1.70. The number of aliphatic hydroxyl groups excluding tert-OH is 1. The molecule has 1 aliphatic rings. The van der Waals surface area contributed by atoms with Crippen LogP contribution in [0.15, 0.2) is 15.9 Å². The molecule has 0 aromatic carbocycles. The Morgan fingerprint density at radius 2 is 2.26 bits per heavy atom. The maximum atomic E-state index is 10.1. The fourth-order valence-corrected chi connectivity index (χ4v) is 3.91. The van der Waals surface area contributed by atoms with Crippen LogP contribution in [0.3, 0.4) is 0 Å². The number of nitrogens with one attached hydrogen (secondary N) is 1. The summed E-state index contributed by atoms with van der Waals surface area (Å²) in [5, 5.41) is 15.6. The molecule has 0 amide bonds. The van der Waals surface area contributed by atoms with Gasteiger partial charge >= 0.3 is 0 Å². The molecule has 6 heteroatoms. The molecule has 1 aliphatic heterocycles. The predicted octanol–water partition coefficient (Wildman–Crippen LogP) is 1.21. The second kappa shape index (κ2) is 7.71. The van der Waals surface area contributed by atoms with Crippen molar-refractivity contribution in [1.29, 1.82) is 0 Å². The van der Waals surface area contributed by atoms with Crippen molar-refractivity contribution in [2.75, 3.05) is 46.3 Å². The zero-order valence-corrected chi connectivity index (χ0v) is 13.7. The second-order valence-corrected chi connectivity index (χ2v) is 7.04. The number of halogens is 1. The SMILES string of the molecule is CN(Cc1cc(Br)cs1)CC(O)CN1CCNCC1. The molecular weight excluding hydrogens is 326 g/mol. The molecule has 1 aromatic rings. The van der Waals surface area contributed by atoms with Gasteiger partial charge in [0, 0.05) is 60.5 Å². The van der Waals surface area contributed by atoms with Gasteiger partial charge in [-0.05, 0) is 29.0 Å². The third kappa shape index (κ3) is 5.49. The Morgan fingerprint density at radius 1 is 1.53 bits per heavy atom. The average Bonchev–Trinajstić information content (AvgIpc) is 2.75. The molecule has 0 radical (unpaired) electrons. The van der Waals surface area contributed by atoms with Gasteiger partial charge in [-0.25, -0.2) is 0 Å². The third-order valence-electron chi connectivity index (χ3n) is 3.25. The topological polar surface area (TPSA) is 38.7 Å². The Hall–Kier alpha value is 0.0200. The number of nitrogens with zero attached hydrogens (tertiary/aromatic N) is 2. The molecule has 0 saturated carbocycles. The second-order valence-electron chi connectivity index (χ2n) is 5.13. The lowest BCUT2D eigenvalue weighted by molar-refractivity contribution is 0.0754. The highest BCUT2D eigenvalue weighted by Gasteiger charge is 2.16. The molecule has 2 rings (SSSR count). The normalized spacial score (nSPS) is 18.9. The quantitative estimate of drug-likeness (QED) is 0.811. The van der Waals surface area contributed by atoms with Crippen molar-refractivity contribution >= 4 is 27.3 Å². The number of piperazine rings is 1. The van der Waals surface area contributed by atoms with Gasteiger partial charge in [-0.15, -0.1) is 11.3 Å². The lowest BCUT2D eigenvalue weighted by atomic mass is 10.2. The van der Waals surface area contributed by atoms with Crippen LogP contribution < -0.4 is 5.32 Å². The van der Waals surface area contributed by atoms with Gasteiger partial charge in [0.1, 0.15) is 0 Å². The summed E-state index contributed by atoms with van der Waals surface area (Å²) in [6.07, 6.45) is -0.272. The van der Waals surface area contributed by atoms with Gasteiger partial charge in [-0.1, -0.05) is 0 Å². The van der Waals surface area contributed by atoms with Crippen molar-refractivity contribution in [2.24, 2.45) is 0 Å². The molecule has 1 aromatic heterocycles. The molecule has 0 bridgehead atoms. The average molecular weight is 348 g/mol. The van der Waals surface area contributed by atoms with E-state index in [2.05, 4.69) is 49.5 Å². The highest BCUT2D eigenvalue weighted by molar-refractivity contribution is 9.10. The minimum Gasteiger partial charge on any atom is -0.390 e. The van der Waals surface area contributed by atoms with E-state index in [4.69, 9.17) is 0 Å². The summed E-state index contributed by atoms with van der Waals surface area (Å²) in [5.74, 6) is 0. The van der Waals surface area contributed by atoms with E-state index in [0.717, 1.165) is 50.3 Å². The third-order valence-corrected chi connectivity index (χ3v) is 4.93. The number of β-amino-alcohol motifs (C(OH)–C–C–N with tert-alkyl or cyclic N) is 1. The minimum atomic E-state index is -0.272. The van der Waals surface area contributed by atoms with Crippen molar-refractivity contribution in [3.05, 3.63) is 20.8 Å². The van der Waals surface area contributed by atoms with Gasteiger partial charge < -0.3 is 10.4 Å². The van der Waals surface area contributed by atoms with Gasteiger partial charge in [0.25, 0.3) is 0 Å². The molecule has 4 nitrogen and oxygen atoms in total. The summed E-state index contributed by atoms with van der Waals surface area (Å²) in [4.78, 5) is 5.84. The lowest BCUT2D eigenvalue weighted by Crippen LogP contribution is -2.47. The molecule has 2 N–H and O–H groups in total. The van der Waals surface area contributed by atoms with Crippen molar-refractivity contribution in [2.45, 2.75) is 12.6 Å². The van der Waals surface area contributed by atoms with Gasteiger partial charge in [0.05, 0.1) is 6.10 Å². The molecule has 1 unspecified atom stereocenters. The van der Waals surface area contributed by atoms with Crippen LogP contribution in [0.5, 0.6) is 0 Å². The summed E-state index contributed by atoms with van der Waals surface area (Å²) in [7, 11) is 2.06. The van der Waals surface area contributed by atoms with Crippen LogP contribution in [0, 0.1) is 0 Å². The van der Waals surface area contributed by atoms with Crippen LogP contribution in [0.25, 0.3) is 0 Å². The number of hydrogen-bond donors (Lipinski definition) is 2. The fraction of sp³-hybridized carbons (Fsp3) is 0.692. The highest BCUT2D eigenvalue weighted by Crippen LogP contribution is 2.20. The van der Waals surface area contributed by atoms with Crippen LogP contribution >= 0.6 is 27.3 Å². The summed E-state index contributed by atoms with van der Waals surface area (Å²) in [6, 6.07) is 2.14. The highest BCUT2D eigenvalue weighted by atomic mass is 79.9. The summed E-state index contributed by atoms with van der Waals surface area (Å²) in [6.45, 7) is 6.54. The number of thiophene rings is 1. The Morgan fingerprint density at radius 3 is 2.89 bits per heavy atom. The molecule has 2 heterocycles. The molecule has 0 aliphatic carbocycles. The standard InChI is InChI=1S/C13H22BrN3OS/c1-16(9-13-6-11(14)10-19-13)7-12(18)8-17-4-2-15-3-5-17/h6,10,12,15,18H,2-5,7-9H2,1H3. The van der Waals surface area contributed by atoms with Crippen LogP contribution in [0.2, 0.25) is 0 Å². The van der Waals surface area contributed by atoms with Crippen molar-refractivity contribution in [1.82, 2.24) is 15.1 Å². The predicted molar refractivity (Wildman–Crippen MR) is 83.7 cm³/mol. The fourth-order valence-electron chi connectivity index (χ4n) is 2.38. The van der Waals surface area contributed by atoms with E-state index in [9.17, 15) is 5.11 Å². The van der Waals surface area contributed by atoms with E-state index >= 15 is 0 Å². The number of hydrogen-bond acceptors (Lipinski definition) is 5. The lowest BCUT2D eigenvalue weighted by Gasteiger charge is -2.30. The molecule has 0 spiro atoms. The van der Waals surface area contributed by atoms with Crippen molar-refractivity contribution in [3.63, 3.8) is 0 Å². The van der Waals surface area contributed by atoms with Crippen LogP contribution in [-0.2, 0) is 6.54 Å². The van der Waals surface area contributed by atoms with E-state index in [1.807, 2.05) is 0 Å². The van der Waals surface area contributed by atoms with Gasteiger partial charge in [0.2, 0.25) is 0 Å². The first-order chi connectivity index (χ1) is 9.13. The van der Waals surface area contributed by atoms with E-state index in [0.29, 0.717) is 0 Å². The van der Waals surface area contributed by atoms with Gasteiger partial charge in [0.15, 0.2) is 0 Å². The molecule has 1 fully saturated rings. The maximum Gasteiger partial charge on any atom is 0.0793 e. The van der Waals surface area contributed by atoms with Crippen LogP contribution in [0.4, 0.5) is 0 Å². The molecule has 1 saturated heterocycles. The number of rotatable bonds is 6. The number of likely N-dealkylation sites (N-methyl/N-ethyl adjacent to an activating group) is 1. The monoisotopic (exact) mass is 347 g/mol. The smallest absolute Gasteiger partial charge is 0.0793 e. The van der Waals surface area contributed by atoms with E-state index in [1.165, 1.54) is 4.88 Å². The van der Waals surface area contributed by atoms with Crippen molar-refractivity contribution in [3.8, 4) is 0 Å². The summed E-state index contributed by atoms with van der Waals surface area (Å²) >= 11 is 5.22. The number of aliphatic hydroxyl groups is 1. The first-order valence-electron chi connectivity index (χ1n) is 6.66. The molecule has 19 heavy (non-hydrogen) atoms. The van der Waals surface area contributed by atoms with Crippen LogP contribution in [-0.4, -0.2) is 67.3 Å². The summed E-state index contributed by atoms with van der Waals surface area (Å²) in [5.41, 5.74) is 0. The molecule has 1 atom stereocenters. The van der Waals surface area contributed by atoms with E-state index < -0.39 is 0 Å². The molecular formula is C13H22BrN3OS. The zero-order chi connectivity index (χ0) is 13.7. The van der Waals surface area contributed by atoms with Gasteiger partial charge in [-0.3, -0.25) is 9.80 Å². The van der Waals surface area contributed by atoms with E-state index in [-0.39, 0.29) is 6.10 Å². The Kier molecular flexibility index (Phi) is 6.25. The van der Waals surface area contributed by atoms with Crippen LogP contribution in [0.1, 0.15) is 4.88 Å². The summed E-state index contributed by atoms with van der Waals surface area (Å²) < 4.78 is 1.14. The minimum absolute atomic E-state index is 0.272.